The van der Waals surface area contributed by atoms with Crippen LogP contribution in [0.1, 0.15) is 19.8 Å². The van der Waals surface area contributed by atoms with Crippen molar-refractivity contribution >= 4 is 11.8 Å². The van der Waals surface area contributed by atoms with Crippen molar-refractivity contribution in [2.75, 3.05) is 0 Å². The lowest BCUT2D eigenvalue weighted by atomic mass is 10.3. The Labute approximate surface area is 105 Å². The van der Waals surface area contributed by atoms with E-state index in [1.807, 2.05) is 18.2 Å². The molecule has 1 aliphatic carbocycles. The average Bonchev–Trinajstić information content (AvgIpc) is 3.21. The van der Waals surface area contributed by atoms with Crippen LogP contribution in [0, 0.1) is 5.92 Å². The van der Waals surface area contributed by atoms with Crippen molar-refractivity contribution in [1.29, 1.82) is 0 Å². The van der Waals surface area contributed by atoms with Crippen LogP contribution in [0.5, 0.6) is 5.75 Å². The van der Waals surface area contributed by atoms with Gasteiger partial charge in [-0.3, -0.25) is 20.4 Å². The highest BCUT2D eigenvalue weighted by molar-refractivity contribution is 5.86. The zero-order valence-corrected chi connectivity index (χ0v) is 10.2. The molecule has 1 atom stereocenters. The monoisotopic (exact) mass is 248 g/mol. The van der Waals surface area contributed by atoms with Gasteiger partial charge in [0.15, 0.2) is 6.10 Å². The molecule has 0 saturated heterocycles. The number of hydrogen-bond acceptors (Lipinski definition) is 3. The van der Waals surface area contributed by atoms with Crippen LogP contribution >= 0.6 is 0 Å². The summed E-state index contributed by atoms with van der Waals surface area (Å²) < 4.78 is 5.42. The maximum atomic E-state index is 11.6. The predicted octanol–water partition coefficient (Wildman–Crippen LogP) is 1.01. The van der Waals surface area contributed by atoms with Gasteiger partial charge in [0.1, 0.15) is 5.75 Å². The van der Waals surface area contributed by atoms with Crippen LogP contribution < -0.4 is 15.6 Å². The fourth-order valence-corrected chi connectivity index (χ4v) is 1.43. The predicted molar refractivity (Wildman–Crippen MR) is 65.5 cm³/mol. The van der Waals surface area contributed by atoms with E-state index in [0.717, 1.165) is 12.8 Å². The number of benzene rings is 1. The second-order valence-corrected chi connectivity index (χ2v) is 4.33. The molecule has 2 rings (SSSR count). The molecule has 5 nitrogen and oxygen atoms in total. The van der Waals surface area contributed by atoms with Crippen LogP contribution in [-0.2, 0) is 9.59 Å². The maximum absolute atomic E-state index is 11.6. The molecule has 5 heteroatoms. The second-order valence-electron chi connectivity index (χ2n) is 4.33. The SMILES string of the molecule is CC(Oc1ccccc1)C(=O)NNC(=O)C1CC1. The van der Waals surface area contributed by atoms with Gasteiger partial charge < -0.3 is 4.74 Å². The van der Waals surface area contributed by atoms with E-state index < -0.39 is 6.10 Å². The Morgan fingerprint density at radius 1 is 1.22 bits per heavy atom. The lowest BCUT2D eigenvalue weighted by molar-refractivity contribution is -0.133. The number of ether oxygens (including phenoxy) is 1. The van der Waals surface area contributed by atoms with Gasteiger partial charge in [-0.05, 0) is 31.9 Å². The summed E-state index contributed by atoms with van der Waals surface area (Å²) in [5.74, 6) is 0.187. The van der Waals surface area contributed by atoms with Crippen molar-refractivity contribution in [1.82, 2.24) is 10.9 Å². The van der Waals surface area contributed by atoms with E-state index in [2.05, 4.69) is 10.9 Å². The first kappa shape index (κ1) is 12.4. The molecule has 96 valence electrons. The van der Waals surface area contributed by atoms with E-state index >= 15 is 0 Å². The Morgan fingerprint density at radius 2 is 1.89 bits per heavy atom. The van der Waals surface area contributed by atoms with Gasteiger partial charge in [0.25, 0.3) is 5.91 Å². The zero-order chi connectivity index (χ0) is 13.0. The molecule has 2 amide bonds. The minimum absolute atomic E-state index is 0.0654. The van der Waals surface area contributed by atoms with Crippen LogP contribution in [0.2, 0.25) is 0 Å². The van der Waals surface area contributed by atoms with Crippen LogP contribution in [0.3, 0.4) is 0 Å². The Morgan fingerprint density at radius 3 is 2.50 bits per heavy atom. The topological polar surface area (TPSA) is 67.4 Å². The quantitative estimate of drug-likeness (QED) is 0.781. The molecule has 1 aromatic carbocycles. The summed E-state index contributed by atoms with van der Waals surface area (Å²) in [6.07, 6.45) is 1.14. The standard InChI is InChI=1S/C13H16N2O3/c1-9(18-11-5-3-2-4-6-11)12(16)14-15-13(17)10-7-8-10/h2-6,9-10H,7-8H2,1H3,(H,14,16)(H,15,17). The fourth-order valence-electron chi connectivity index (χ4n) is 1.43. The van der Waals surface area contributed by atoms with E-state index in [1.165, 1.54) is 0 Å². The van der Waals surface area contributed by atoms with E-state index in [0.29, 0.717) is 5.75 Å². The van der Waals surface area contributed by atoms with E-state index in [1.54, 1.807) is 19.1 Å². The number of hydrogen-bond donors (Lipinski definition) is 2. The number of hydrazine groups is 1. The summed E-state index contributed by atoms with van der Waals surface area (Å²) in [4.78, 5) is 23.0. The van der Waals surface area contributed by atoms with Crippen molar-refractivity contribution in [3.8, 4) is 5.75 Å². The van der Waals surface area contributed by atoms with Gasteiger partial charge in [-0.2, -0.15) is 0 Å². The van der Waals surface area contributed by atoms with Crippen LogP contribution in [0.15, 0.2) is 30.3 Å². The highest BCUT2D eigenvalue weighted by atomic mass is 16.5. The smallest absolute Gasteiger partial charge is 0.279 e. The molecule has 1 unspecified atom stereocenters. The third kappa shape index (κ3) is 3.48. The van der Waals surface area contributed by atoms with Crippen LogP contribution in [0.4, 0.5) is 0 Å². The van der Waals surface area contributed by atoms with Gasteiger partial charge in [0.05, 0.1) is 0 Å². The highest BCUT2D eigenvalue weighted by Crippen LogP contribution is 2.28. The first-order valence-corrected chi connectivity index (χ1v) is 5.98. The largest absolute Gasteiger partial charge is 0.481 e. The molecule has 0 aromatic heterocycles. The minimum Gasteiger partial charge on any atom is -0.481 e. The molecule has 1 fully saturated rings. The summed E-state index contributed by atoms with van der Waals surface area (Å²) in [5, 5.41) is 0. The third-order valence-electron chi connectivity index (χ3n) is 2.68. The summed E-state index contributed by atoms with van der Waals surface area (Å²) in [6, 6.07) is 9.07. The lowest BCUT2D eigenvalue weighted by Gasteiger charge is -2.14. The average molecular weight is 248 g/mol. The summed E-state index contributed by atoms with van der Waals surface area (Å²) in [5.41, 5.74) is 4.75. The summed E-state index contributed by atoms with van der Waals surface area (Å²) in [7, 11) is 0. The molecule has 1 aliphatic rings. The van der Waals surface area contributed by atoms with Crippen molar-refractivity contribution in [2.45, 2.75) is 25.9 Å². The first-order valence-electron chi connectivity index (χ1n) is 5.98. The molecule has 0 heterocycles. The Balaban J connectivity index is 1.76. The molecular formula is C13H16N2O3. The number of carbonyl (C=O) groups is 2. The number of carbonyl (C=O) groups excluding carboxylic acids is 2. The maximum Gasteiger partial charge on any atom is 0.279 e. The Bertz CT molecular complexity index is 429. The Kier molecular flexibility index (Phi) is 3.82. The molecule has 0 aliphatic heterocycles. The van der Waals surface area contributed by atoms with Crippen molar-refractivity contribution in [3.05, 3.63) is 30.3 Å². The van der Waals surface area contributed by atoms with E-state index in [-0.39, 0.29) is 17.7 Å². The molecule has 0 spiro atoms. The Hall–Kier alpha value is -2.04. The van der Waals surface area contributed by atoms with E-state index in [4.69, 9.17) is 4.74 Å². The fraction of sp³-hybridized carbons (Fsp3) is 0.385. The molecule has 1 aromatic rings. The zero-order valence-electron chi connectivity index (χ0n) is 10.2. The summed E-state index contributed by atoms with van der Waals surface area (Å²) >= 11 is 0. The molecule has 1 saturated carbocycles. The minimum atomic E-state index is -0.660. The first-order chi connectivity index (χ1) is 8.66. The van der Waals surface area contributed by atoms with Gasteiger partial charge in [0.2, 0.25) is 5.91 Å². The van der Waals surface area contributed by atoms with Crippen LogP contribution in [0.25, 0.3) is 0 Å². The van der Waals surface area contributed by atoms with Gasteiger partial charge in [-0.25, -0.2) is 0 Å². The van der Waals surface area contributed by atoms with Crippen molar-refractivity contribution < 1.29 is 14.3 Å². The number of nitrogens with one attached hydrogen (secondary N) is 2. The molecule has 0 bridgehead atoms. The summed E-state index contributed by atoms with van der Waals surface area (Å²) in [6.45, 7) is 1.63. The molecule has 0 radical (unpaired) electrons. The number of para-hydroxylation sites is 1. The molecule has 18 heavy (non-hydrogen) atoms. The molecular weight excluding hydrogens is 232 g/mol. The van der Waals surface area contributed by atoms with Crippen molar-refractivity contribution in [2.24, 2.45) is 5.92 Å². The number of amides is 2. The van der Waals surface area contributed by atoms with Gasteiger partial charge in [-0.1, -0.05) is 18.2 Å². The third-order valence-corrected chi connectivity index (χ3v) is 2.68. The van der Waals surface area contributed by atoms with Gasteiger partial charge >= 0.3 is 0 Å². The normalized spacial score (nSPS) is 15.6. The lowest BCUT2D eigenvalue weighted by Crippen LogP contribution is -2.47. The highest BCUT2D eigenvalue weighted by Gasteiger charge is 2.30. The van der Waals surface area contributed by atoms with Gasteiger partial charge in [-0.15, -0.1) is 0 Å². The van der Waals surface area contributed by atoms with Gasteiger partial charge in [0, 0.05) is 5.92 Å². The second kappa shape index (κ2) is 5.53. The van der Waals surface area contributed by atoms with E-state index in [9.17, 15) is 9.59 Å². The van der Waals surface area contributed by atoms with Crippen molar-refractivity contribution in [3.63, 3.8) is 0 Å². The number of rotatable bonds is 4. The van der Waals surface area contributed by atoms with Crippen LogP contribution in [-0.4, -0.2) is 17.9 Å². The molecule has 2 N–H and O–H groups in total.